The van der Waals surface area contributed by atoms with E-state index >= 15 is 0 Å². The Balaban J connectivity index is 1.94. The van der Waals surface area contributed by atoms with Crippen LogP contribution in [0.4, 0.5) is 0 Å². The number of piperidine rings is 1. The Kier molecular flexibility index (Phi) is 6.67. The number of benzene rings is 1. The predicted molar refractivity (Wildman–Crippen MR) is 96.1 cm³/mol. The number of ether oxygens (including phenoxy) is 2. The molecule has 0 bridgehead atoms. The van der Waals surface area contributed by atoms with Crippen LogP contribution in [0.2, 0.25) is 0 Å². The Morgan fingerprint density at radius 1 is 1.12 bits per heavy atom. The Bertz CT molecular complexity index is 585. The largest absolute Gasteiger partial charge is 0.497 e. The van der Waals surface area contributed by atoms with Gasteiger partial charge in [-0.15, -0.1) is 0 Å². The summed E-state index contributed by atoms with van der Waals surface area (Å²) in [5.41, 5.74) is 0.554. The highest BCUT2D eigenvalue weighted by atomic mass is 16.5. The molecule has 25 heavy (non-hydrogen) atoms. The van der Waals surface area contributed by atoms with Crippen molar-refractivity contribution in [2.24, 2.45) is 5.92 Å². The Morgan fingerprint density at radius 3 is 2.16 bits per heavy atom. The smallest absolute Gasteiger partial charge is 0.254 e. The van der Waals surface area contributed by atoms with Gasteiger partial charge in [-0.05, 0) is 30.9 Å². The summed E-state index contributed by atoms with van der Waals surface area (Å²) in [5.74, 6) is 1.60. The van der Waals surface area contributed by atoms with E-state index in [9.17, 15) is 9.59 Å². The molecule has 1 aromatic rings. The summed E-state index contributed by atoms with van der Waals surface area (Å²) < 4.78 is 10.5. The number of hydrogen-bond donors (Lipinski definition) is 1. The zero-order valence-corrected chi connectivity index (χ0v) is 15.5. The summed E-state index contributed by atoms with van der Waals surface area (Å²) in [7, 11) is 3.13. The molecule has 0 aliphatic carbocycles. The molecule has 0 radical (unpaired) electrons. The van der Waals surface area contributed by atoms with Crippen molar-refractivity contribution in [3.05, 3.63) is 23.8 Å². The lowest BCUT2D eigenvalue weighted by Crippen LogP contribution is -2.46. The monoisotopic (exact) mass is 348 g/mol. The molecular weight excluding hydrogens is 320 g/mol. The molecule has 1 aromatic carbocycles. The molecular formula is C19H28N2O4. The Morgan fingerprint density at radius 2 is 1.68 bits per heavy atom. The lowest BCUT2D eigenvalue weighted by Gasteiger charge is -2.32. The maximum Gasteiger partial charge on any atom is 0.254 e. The number of amides is 2. The first kappa shape index (κ1) is 19.1. The number of carbonyl (C=O) groups excluding carboxylic acids is 2. The van der Waals surface area contributed by atoms with Gasteiger partial charge in [0.1, 0.15) is 11.5 Å². The van der Waals surface area contributed by atoms with E-state index in [4.69, 9.17) is 9.47 Å². The molecule has 0 aromatic heterocycles. The van der Waals surface area contributed by atoms with Crippen molar-refractivity contribution in [3.63, 3.8) is 0 Å². The van der Waals surface area contributed by atoms with Gasteiger partial charge in [-0.2, -0.15) is 0 Å². The van der Waals surface area contributed by atoms with E-state index in [-0.39, 0.29) is 17.9 Å². The van der Waals surface area contributed by atoms with Crippen LogP contribution in [0.25, 0.3) is 0 Å². The molecule has 1 fully saturated rings. The van der Waals surface area contributed by atoms with E-state index in [0.717, 1.165) is 12.8 Å². The fourth-order valence-electron chi connectivity index (χ4n) is 3.00. The van der Waals surface area contributed by atoms with Crippen LogP contribution in [0.15, 0.2) is 18.2 Å². The van der Waals surface area contributed by atoms with Crippen LogP contribution < -0.4 is 14.8 Å². The van der Waals surface area contributed by atoms with Gasteiger partial charge < -0.3 is 19.7 Å². The van der Waals surface area contributed by atoms with E-state index in [1.807, 2.05) is 18.7 Å². The fraction of sp³-hybridized carbons (Fsp3) is 0.579. The SMILES string of the molecule is COc1cc(OC)cc(C(=O)N2CCC(NC(=O)CC(C)C)CC2)c1. The highest BCUT2D eigenvalue weighted by Crippen LogP contribution is 2.24. The van der Waals surface area contributed by atoms with Crippen molar-refractivity contribution in [2.45, 2.75) is 39.2 Å². The molecule has 6 nitrogen and oxygen atoms in total. The second-order valence-electron chi connectivity index (χ2n) is 6.83. The molecule has 138 valence electrons. The van der Waals surface area contributed by atoms with Crippen LogP contribution in [-0.4, -0.2) is 50.1 Å². The van der Waals surface area contributed by atoms with E-state index in [2.05, 4.69) is 5.32 Å². The van der Waals surface area contributed by atoms with Gasteiger partial charge in [-0.25, -0.2) is 0 Å². The first-order chi connectivity index (χ1) is 11.9. The highest BCUT2D eigenvalue weighted by molar-refractivity contribution is 5.95. The molecule has 2 rings (SSSR count). The van der Waals surface area contributed by atoms with Crippen LogP contribution in [-0.2, 0) is 4.79 Å². The Hall–Kier alpha value is -2.24. The minimum Gasteiger partial charge on any atom is -0.497 e. The van der Waals surface area contributed by atoms with E-state index in [1.165, 1.54) is 0 Å². The molecule has 1 N–H and O–H groups in total. The van der Waals surface area contributed by atoms with Gasteiger partial charge in [0.2, 0.25) is 5.91 Å². The number of nitrogens with one attached hydrogen (secondary N) is 1. The number of methoxy groups -OCH3 is 2. The van der Waals surface area contributed by atoms with Gasteiger partial charge in [0, 0.05) is 37.2 Å². The van der Waals surface area contributed by atoms with Gasteiger partial charge in [-0.3, -0.25) is 9.59 Å². The quantitative estimate of drug-likeness (QED) is 0.857. The summed E-state index contributed by atoms with van der Waals surface area (Å²) >= 11 is 0. The normalized spacial score (nSPS) is 15.2. The topological polar surface area (TPSA) is 67.9 Å². The maximum atomic E-state index is 12.7. The number of rotatable bonds is 6. The van der Waals surface area contributed by atoms with Gasteiger partial charge in [0.15, 0.2) is 0 Å². The summed E-state index contributed by atoms with van der Waals surface area (Å²) in [6, 6.07) is 5.34. The zero-order valence-electron chi connectivity index (χ0n) is 15.5. The van der Waals surface area contributed by atoms with E-state index < -0.39 is 0 Å². The molecule has 1 aliphatic rings. The van der Waals surface area contributed by atoms with Crippen LogP contribution in [0.1, 0.15) is 43.5 Å². The van der Waals surface area contributed by atoms with E-state index in [0.29, 0.717) is 42.5 Å². The van der Waals surface area contributed by atoms with Gasteiger partial charge >= 0.3 is 0 Å². The van der Waals surface area contributed by atoms with Gasteiger partial charge in [0.05, 0.1) is 14.2 Å². The minimum absolute atomic E-state index is 0.0378. The molecule has 1 saturated heterocycles. The molecule has 6 heteroatoms. The van der Waals surface area contributed by atoms with Crippen molar-refractivity contribution in [1.29, 1.82) is 0 Å². The molecule has 0 saturated carbocycles. The van der Waals surface area contributed by atoms with E-state index in [1.54, 1.807) is 32.4 Å². The van der Waals surface area contributed by atoms with Crippen molar-refractivity contribution >= 4 is 11.8 Å². The zero-order chi connectivity index (χ0) is 18.4. The van der Waals surface area contributed by atoms with Crippen LogP contribution >= 0.6 is 0 Å². The molecule has 0 unspecified atom stereocenters. The first-order valence-electron chi connectivity index (χ1n) is 8.74. The number of hydrogen-bond acceptors (Lipinski definition) is 4. The average Bonchev–Trinajstić information content (AvgIpc) is 2.60. The molecule has 1 aliphatic heterocycles. The minimum atomic E-state index is -0.0378. The third-order valence-electron chi connectivity index (χ3n) is 4.34. The van der Waals surface area contributed by atoms with Crippen LogP contribution in [0.3, 0.4) is 0 Å². The van der Waals surface area contributed by atoms with Crippen molar-refractivity contribution in [1.82, 2.24) is 10.2 Å². The lowest BCUT2D eigenvalue weighted by atomic mass is 10.0. The third-order valence-corrected chi connectivity index (χ3v) is 4.34. The summed E-state index contributed by atoms with van der Waals surface area (Å²) in [6.45, 7) is 5.32. The second kappa shape index (κ2) is 8.74. The van der Waals surface area contributed by atoms with Gasteiger partial charge in [0.25, 0.3) is 5.91 Å². The summed E-state index contributed by atoms with van der Waals surface area (Å²) in [5, 5.41) is 3.07. The molecule has 0 atom stereocenters. The number of carbonyl (C=O) groups is 2. The molecule has 0 spiro atoms. The van der Waals surface area contributed by atoms with Crippen molar-refractivity contribution in [2.75, 3.05) is 27.3 Å². The number of likely N-dealkylation sites (tertiary alicyclic amines) is 1. The maximum absolute atomic E-state index is 12.7. The standard InChI is InChI=1S/C19H28N2O4/c1-13(2)9-18(22)20-15-5-7-21(8-6-15)19(23)14-10-16(24-3)12-17(11-14)25-4/h10-13,15H,5-9H2,1-4H3,(H,20,22). The van der Waals surface area contributed by atoms with Crippen molar-refractivity contribution < 1.29 is 19.1 Å². The fourth-order valence-corrected chi connectivity index (χ4v) is 3.00. The molecule has 1 heterocycles. The summed E-state index contributed by atoms with van der Waals surface area (Å²) in [4.78, 5) is 26.4. The predicted octanol–water partition coefficient (Wildman–Crippen LogP) is 2.47. The Labute approximate surface area is 149 Å². The van der Waals surface area contributed by atoms with Crippen LogP contribution in [0.5, 0.6) is 11.5 Å². The number of nitrogens with zero attached hydrogens (tertiary/aromatic N) is 1. The highest BCUT2D eigenvalue weighted by Gasteiger charge is 2.25. The second-order valence-corrected chi connectivity index (χ2v) is 6.83. The summed E-state index contributed by atoms with van der Waals surface area (Å²) in [6.07, 6.45) is 2.09. The van der Waals surface area contributed by atoms with Crippen LogP contribution in [0, 0.1) is 5.92 Å². The average molecular weight is 348 g/mol. The molecule has 2 amide bonds. The third kappa shape index (κ3) is 5.37. The first-order valence-corrected chi connectivity index (χ1v) is 8.74. The lowest BCUT2D eigenvalue weighted by molar-refractivity contribution is -0.122. The van der Waals surface area contributed by atoms with Gasteiger partial charge in [-0.1, -0.05) is 13.8 Å². The van der Waals surface area contributed by atoms with Crippen molar-refractivity contribution in [3.8, 4) is 11.5 Å².